The van der Waals surface area contributed by atoms with Crippen LogP contribution in [0, 0.1) is 0 Å². The van der Waals surface area contributed by atoms with Gasteiger partial charge < -0.3 is 14.8 Å². The van der Waals surface area contributed by atoms with Crippen molar-refractivity contribution in [2.24, 2.45) is 0 Å². The third-order valence-electron chi connectivity index (χ3n) is 3.39. The fourth-order valence-corrected chi connectivity index (χ4v) is 2.39. The highest BCUT2D eigenvalue weighted by Crippen LogP contribution is 2.28. The lowest BCUT2D eigenvalue weighted by Gasteiger charge is -2.27. The zero-order chi connectivity index (χ0) is 14.0. The monoisotopic (exact) mass is 259 g/mol. The third kappa shape index (κ3) is 2.85. The maximum Gasteiger partial charge on any atom is 0.150 e. The van der Waals surface area contributed by atoms with Gasteiger partial charge >= 0.3 is 0 Å². The summed E-state index contributed by atoms with van der Waals surface area (Å²) >= 11 is 0. The Hall–Kier alpha value is -1.65. The largest absolute Gasteiger partial charge is 0.361 e. The van der Waals surface area contributed by atoms with Crippen molar-refractivity contribution in [1.82, 2.24) is 14.8 Å². The summed E-state index contributed by atoms with van der Waals surface area (Å²) in [6.45, 7) is 0.936. The highest BCUT2D eigenvalue weighted by atomic mass is 16.1. The average Bonchev–Trinajstić information content (AvgIpc) is 2.77. The number of rotatable bonds is 5. The Morgan fingerprint density at radius 3 is 2.58 bits per heavy atom. The summed E-state index contributed by atoms with van der Waals surface area (Å²) in [4.78, 5) is 18.6. The van der Waals surface area contributed by atoms with Gasteiger partial charge in [0, 0.05) is 35.2 Å². The van der Waals surface area contributed by atoms with Crippen molar-refractivity contribution in [3.8, 4) is 0 Å². The Morgan fingerprint density at radius 2 is 2.00 bits per heavy atom. The highest BCUT2D eigenvalue weighted by molar-refractivity contribution is 5.89. The van der Waals surface area contributed by atoms with E-state index in [-0.39, 0.29) is 0 Å². The SMILES string of the molecule is CN(C)CC(c1c[nH]c2ccc(C=O)cc12)N(C)C. The highest BCUT2D eigenvalue weighted by Gasteiger charge is 2.18. The second-order valence-electron chi connectivity index (χ2n) is 5.41. The van der Waals surface area contributed by atoms with Gasteiger partial charge in [-0.15, -0.1) is 0 Å². The molecular formula is C15H21N3O. The summed E-state index contributed by atoms with van der Waals surface area (Å²) in [5.74, 6) is 0. The van der Waals surface area contributed by atoms with E-state index in [0.29, 0.717) is 6.04 Å². The van der Waals surface area contributed by atoms with Crippen LogP contribution in [-0.2, 0) is 0 Å². The summed E-state index contributed by atoms with van der Waals surface area (Å²) in [7, 11) is 8.30. The number of carbonyl (C=O) groups excluding carboxylic acids is 1. The molecule has 0 bridgehead atoms. The molecule has 1 aromatic heterocycles. The third-order valence-corrected chi connectivity index (χ3v) is 3.39. The van der Waals surface area contributed by atoms with Gasteiger partial charge in [0.1, 0.15) is 6.29 Å². The zero-order valence-electron chi connectivity index (χ0n) is 12.0. The number of aromatic nitrogens is 1. The van der Waals surface area contributed by atoms with E-state index < -0.39 is 0 Å². The molecule has 0 aliphatic rings. The van der Waals surface area contributed by atoms with Crippen LogP contribution in [0.1, 0.15) is 22.0 Å². The zero-order valence-corrected chi connectivity index (χ0v) is 12.0. The number of likely N-dealkylation sites (N-methyl/N-ethyl adjacent to an activating group) is 2. The number of nitrogens with zero attached hydrogens (tertiary/aromatic N) is 2. The molecule has 0 aliphatic heterocycles. The maximum absolute atomic E-state index is 10.9. The molecule has 0 amide bonds. The van der Waals surface area contributed by atoms with Crippen molar-refractivity contribution >= 4 is 17.2 Å². The molecule has 1 aromatic carbocycles. The van der Waals surface area contributed by atoms with E-state index in [1.165, 1.54) is 5.56 Å². The molecule has 1 N–H and O–H groups in total. The molecule has 0 aliphatic carbocycles. The van der Waals surface area contributed by atoms with Gasteiger partial charge in [-0.3, -0.25) is 4.79 Å². The van der Waals surface area contributed by atoms with Crippen molar-refractivity contribution in [3.63, 3.8) is 0 Å². The first kappa shape index (κ1) is 13.8. The second-order valence-corrected chi connectivity index (χ2v) is 5.41. The summed E-state index contributed by atoms with van der Waals surface area (Å²) in [5.41, 5.74) is 3.03. The molecule has 4 heteroatoms. The molecule has 0 saturated heterocycles. The van der Waals surface area contributed by atoms with Crippen LogP contribution < -0.4 is 0 Å². The lowest BCUT2D eigenvalue weighted by atomic mass is 10.0. The first-order chi connectivity index (χ1) is 9.02. The van der Waals surface area contributed by atoms with E-state index in [9.17, 15) is 4.79 Å². The Balaban J connectivity index is 2.49. The molecule has 2 rings (SSSR count). The normalized spacial score (nSPS) is 13.4. The molecule has 1 atom stereocenters. The summed E-state index contributed by atoms with van der Waals surface area (Å²) in [5, 5.41) is 1.13. The van der Waals surface area contributed by atoms with Crippen LogP contribution in [0.2, 0.25) is 0 Å². The number of benzene rings is 1. The predicted octanol–water partition coefficient (Wildman–Crippen LogP) is 2.14. The first-order valence-electron chi connectivity index (χ1n) is 6.40. The molecule has 0 fully saturated rings. The molecule has 0 spiro atoms. The van der Waals surface area contributed by atoms with Crippen molar-refractivity contribution in [2.75, 3.05) is 34.7 Å². The molecule has 0 radical (unpaired) electrons. The van der Waals surface area contributed by atoms with E-state index in [4.69, 9.17) is 0 Å². The average molecular weight is 259 g/mol. The van der Waals surface area contributed by atoms with E-state index in [2.05, 4.69) is 43.0 Å². The van der Waals surface area contributed by atoms with Crippen LogP contribution in [0.4, 0.5) is 0 Å². The Morgan fingerprint density at radius 1 is 1.26 bits per heavy atom. The summed E-state index contributed by atoms with van der Waals surface area (Å²) in [6, 6.07) is 6.06. The molecule has 2 aromatic rings. The minimum absolute atomic E-state index is 0.297. The van der Waals surface area contributed by atoms with Crippen LogP contribution in [0.5, 0.6) is 0 Å². The van der Waals surface area contributed by atoms with Gasteiger partial charge in [-0.05, 0) is 52.0 Å². The fourth-order valence-electron chi connectivity index (χ4n) is 2.39. The molecule has 4 nitrogen and oxygen atoms in total. The van der Waals surface area contributed by atoms with Gasteiger partial charge in [0.15, 0.2) is 0 Å². The summed E-state index contributed by atoms with van der Waals surface area (Å²) in [6.07, 6.45) is 2.94. The standard InChI is InChI=1S/C15H21N3O/c1-17(2)9-15(18(3)4)13-8-16-14-6-5-11(10-19)7-12(13)14/h5-8,10,15-16H,9H2,1-4H3. The van der Waals surface area contributed by atoms with Crippen LogP contribution in [0.15, 0.2) is 24.4 Å². The number of H-pyrrole nitrogens is 1. The van der Waals surface area contributed by atoms with E-state index >= 15 is 0 Å². The van der Waals surface area contributed by atoms with Gasteiger partial charge in [-0.25, -0.2) is 0 Å². The number of fused-ring (bicyclic) bond motifs is 1. The van der Waals surface area contributed by atoms with Gasteiger partial charge in [0.2, 0.25) is 0 Å². The Labute approximate surface area is 114 Å². The maximum atomic E-state index is 10.9. The fraction of sp³-hybridized carbons (Fsp3) is 0.400. The van der Waals surface area contributed by atoms with Crippen molar-refractivity contribution in [3.05, 3.63) is 35.5 Å². The lowest BCUT2D eigenvalue weighted by molar-refractivity contribution is 0.112. The number of aldehydes is 1. The van der Waals surface area contributed by atoms with Crippen LogP contribution in [0.25, 0.3) is 10.9 Å². The van der Waals surface area contributed by atoms with Gasteiger partial charge in [0.25, 0.3) is 0 Å². The van der Waals surface area contributed by atoms with E-state index in [1.807, 2.05) is 24.4 Å². The molecule has 1 heterocycles. The number of carbonyl (C=O) groups is 1. The van der Waals surface area contributed by atoms with E-state index in [0.717, 1.165) is 29.3 Å². The Bertz CT molecular complexity index is 572. The van der Waals surface area contributed by atoms with Crippen molar-refractivity contribution in [1.29, 1.82) is 0 Å². The van der Waals surface area contributed by atoms with Gasteiger partial charge in [0.05, 0.1) is 0 Å². The van der Waals surface area contributed by atoms with Gasteiger partial charge in [-0.1, -0.05) is 0 Å². The predicted molar refractivity (Wildman–Crippen MR) is 78.7 cm³/mol. The molecule has 102 valence electrons. The smallest absolute Gasteiger partial charge is 0.150 e. The van der Waals surface area contributed by atoms with Crippen LogP contribution in [-0.4, -0.2) is 55.8 Å². The molecule has 0 saturated carbocycles. The quantitative estimate of drug-likeness (QED) is 0.836. The van der Waals surface area contributed by atoms with Crippen LogP contribution >= 0.6 is 0 Å². The Kier molecular flexibility index (Phi) is 4.02. The number of nitrogens with one attached hydrogen (secondary N) is 1. The minimum atomic E-state index is 0.297. The minimum Gasteiger partial charge on any atom is -0.361 e. The van der Waals surface area contributed by atoms with Crippen molar-refractivity contribution in [2.45, 2.75) is 6.04 Å². The number of hydrogen-bond acceptors (Lipinski definition) is 3. The lowest BCUT2D eigenvalue weighted by Crippen LogP contribution is -2.30. The van der Waals surface area contributed by atoms with Crippen molar-refractivity contribution < 1.29 is 4.79 Å². The topological polar surface area (TPSA) is 39.3 Å². The molecule has 1 unspecified atom stereocenters. The first-order valence-corrected chi connectivity index (χ1v) is 6.40. The van der Waals surface area contributed by atoms with E-state index in [1.54, 1.807) is 0 Å². The summed E-state index contributed by atoms with van der Waals surface area (Å²) < 4.78 is 0. The van der Waals surface area contributed by atoms with Crippen LogP contribution in [0.3, 0.4) is 0 Å². The second kappa shape index (κ2) is 5.55. The molecular weight excluding hydrogens is 238 g/mol. The van der Waals surface area contributed by atoms with Gasteiger partial charge in [-0.2, -0.15) is 0 Å². The number of hydrogen-bond donors (Lipinski definition) is 1. The number of aromatic amines is 1. The molecule has 19 heavy (non-hydrogen) atoms.